The smallest absolute Gasteiger partial charge is 0.120 e. The van der Waals surface area contributed by atoms with Crippen molar-refractivity contribution < 1.29 is 9.52 Å². The quantitative estimate of drug-likeness (QED) is 0.829. The highest BCUT2D eigenvalue weighted by atomic mass is 16.3. The molecule has 0 radical (unpaired) electrons. The molecule has 1 fully saturated rings. The van der Waals surface area contributed by atoms with Crippen molar-refractivity contribution >= 4 is 0 Å². The van der Waals surface area contributed by atoms with Gasteiger partial charge in [0, 0.05) is 6.04 Å². The standard InChI is InChI=1S/C12H19NO2/c1-10(12-6-4-8-15-12)13-7-3-2-5-11(13)9-14/h4,6,8,10-11,14H,2-3,5,7,9H2,1H3/t10-,11-/m0/s1. The Bertz CT molecular complexity index is 284. The first-order valence-corrected chi connectivity index (χ1v) is 5.73. The van der Waals surface area contributed by atoms with Gasteiger partial charge in [-0.2, -0.15) is 0 Å². The van der Waals surface area contributed by atoms with E-state index in [1.54, 1.807) is 6.26 Å². The number of furan rings is 1. The topological polar surface area (TPSA) is 36.6 Å². The third-order valence-electron chi connectivity index (χ3n) is 3.34. The molecule has 3 nitrogen and oxygen atoms in total. The summed E-state index contributed by atoms with van der Waals surface area (Å²) in [6.45, 7) is 3.46. The van der Waals surface area contributed by atoms with Crippen LogP contribution in [0.15, 0.2) is 22.8 Å². The summed E-state index contributed by atoms with van der Waals surface area (Å²) in [5.74, 6) is 0.996. The molecule has 1 aromatic heterocycles. The van der Waals surface area contributed by atoms with Gasteiger partial charge in [-0.05, 0) is 38.4 Å². The Morgan fingerprint density at radius 2 is 2.47 bits per heavy atom. The predicted molar refractivity (Wildman–Crippen MR) is 58.6 cm³/mol. The molecule has 0 saturated carbocycles. The van der Waals surface area contributed by atoms with Crippen molar-refractivity contribution in [1.29, 1.82) is 0 Å². The molecule has 0 spiro atoms. The van der Waals surface area contributed by atoms with Crippen LogP contribution in [0.4, 0.5) is 0 Å². The van der Waals surface area contributed by atoms with Crippen LogP contribution in [-0.4, -0.2) is 29.2 Å². The Morgan fingerprint density at radius 1 is 1.60 bits per heavy atom. The zero-order valence-corrected chi connectivity index (χ0v) is 9.22. The molecule has 1 aromatic rings. The minimum absolute atomic E-state index is 0.255. The van der Waals surface area contributed by atoms with Gasteiger partial charge in [-0.25, -0.2) is 0 Å². The van der Waals surface area contributed by atoms with Gasteiger partial charge in [0.25, 0.3) is 0 Å². The number of piperidine rings is 1. The van der Waals surface area contributed by atoms with E-state index in [0.717, 1.165) is 18.7 Å². The summed E-state index contributed by atoms with van der Waals surface area (Å²) in [5.41, 5.74) is 0. The molecular formula is C12H19NO2. The molecule has 2 rings (SSSR count). The highest BCUT2D eigenvalue weighted by Crippen LogP contribution is 2.28. The SMILES string of the molecule is C[C@@H](c1ccco1)N1CCCC[C@H]1CO. The van der Waals surface area contributed by atoms with Crippen molar-refractivity contribution in [1.82, 2.24) is 4.90 Å². The fourth-order valence-corrected chi connectivity index (χ4v) is 2.42. The largest absolute Gasteiger partial charge is 0.468 e. The molecule has 2 atom stereocenters. The normalized spacial score (nSPS) is 25.3. The van der Waals surface area contributed by atoms with Crippen LogP contribution in [0.2, 0.25) is 0 Å². The van der Waals surface area contributed by atoms with Crippen LogP contribution in [0.25, 0.3) is 0 Å². The second kappa shape index (κ2) is 4.81. The summed E-state index contributed by atoms with van der Waals surface area (Å²) in [7, 11) is 0. The van der Waals surface area contributed by atoms with E-state index in [9.17, 15) is 5.11 Å². The molecule has 3 heteroatoms. The van der Waals surface area contributed by atoms with Crippen LogP contribution in [0, 0.1) is 0 Å². The fourth-order valence-electron chi connectivity index (χ4n) is 2.42. The lowest BCUT2D eigenvalue weighted by molar-refractivity contribution is 0.0511. The highest BCUT2D eigenvalue weighted by molar-refractivity contribution is 5.04. The van der Waals surface area contributed by atoms with Crippen LogP contribution >= 0.6 is 0 Å². The van der Waals surface area contributed by atoms with Crippen molar-refractivity contribution in [3.8, 4) is 0 Å². The Kier molecular flexibility index (Phi) is 3.44. The van der Waals surface area contributed by atoms with Crippen LogP contribution in [0.1, 0.15) is 38.0 Å². The number of aliphatic hydroxyl groups is 1. The molecule has 15 heavy (non-hydrogen) atoms. The van der Waals surface area contributed by atoms with Crippen molar-refractivity contribution in [2.75, 3.05) is 13.2 Å². The third kappa shape index (κ3) is 2.24. The molecule has 0 aliphatic carbocycles. The maximum Gasteiger partial charge on any atom is 0.120 e. The maximum atomic E-state index is 9.34. The van der Waals surface area contributed by atoms with Gasteiger partial charge in [0.15, 0.2) is 0 Å². The molecule has 0 aromatic carbocycles. The Morgan fingerprint density at radius 3 is 3.13 bits per heavy atom. The third-order valence-corrected chi connectivity index (χ3v) is 3.34. The molecule has 1 N–H and O–H groups in total. The minimum atomic E-state index is 0.255. The number of aliphatic hydroxyl groups excluding tert-OH is 1. The summed E-state index contributed by atoms with van der Waals surface area (Å²) in [6.07, 6.45) is 5.26. The first-order valence-electron chi connectivity index (χ1n) is 5.73. The molecule has 0 unspecified atom stereocenters. The molecule has 0 amide bonds. The van der Waals surface area contributed by atoms with Gasteiger partial charge in [0.05, 0.1) is 18.9 Å². The lowest BCUT2D eigenvalue weighted by Gasteiger charge is -2.38. The van der Waals surface area contributed by atoms with E-state index in [1.807, 2.05) is 12.1 Å². The van der Waals surface area contributed by atoms with Gasteiger partial charge in [0.1, 0.15) is 5.76 Å². The van der Waals surface area contributed by atoms with E-state index < -0.39 is 0 Å². The summed E-state index contributed by atoms with van der Waals surface area (Å²) in [6, 6.07) is 4.51. The van der Waals surface area contributed by atoms with Crippen molar-refractivity contribution in [2.45, 2.75) is 38.3 Å². The van der Waals surface area contributed by atoms with E-state index >= 15 is 0 Å². The Hall–Kier alpha value is -0.800. The van der Waals surface area contributed by atoms with Crippen LogP contribution in [0.5, 0.6) is 0 Å². The lowest BCUT2D eigenvalue weighted by Crippen LogP contribution is -2.43. The number of nitrogens with zero attached hydrogens (tertiary/aromatic N) is 1. The second-order valence-electron chi connectivity index (χ2n) is 4.26. The highest BCUT2D eigenvalue weighted by Gasteiger charge is 2.27. The number of hydrogen-bond donors (Lipinski definition) is 1. The molecule has 0 bridgehead atoms. The first kappa shape index (κ1) is 10.7. The fraction of sp³-hybridized carbons (Fsp3) is 0.667. The van der Waals surface area contributed by atoms with Gasteiger partial charge < -0.3 is 9.52 Å². The van der Waals surface area contributed by atoms with Crippen molar-refractivity contribution in [3.05, 3.63) is 24.2 Å². The van der Waals surface area contributed by atoms with Crippen molar-refractivity contribution in [2.24, 2.45) is 0 Å². The zero-order valence-electron chi connectivity index (χ0n) is 9.22. The average Bonchev–Trinajstić information content (AvgIpc) is 2.81. The van der Waals surface area contributed by atoms with E-state index in [-0.39, 0.29) is 12.6 Å². The number of likely N-dealkylation sites (tertiary alicyclic amines) is 1. The summed E-state index contributed by atoms with van der Waals surface area (Å²) in [4.78, 5) is 2.35. The van der Waals surface area contributed by atoms with E-state index in [2.05, 4.69) is 11.8 Å². The van der Waals surface area contributed by atoms with Gasteiger partial charge in [0.2, 0.25) is 0 Å². The van der Waals surface area contributed by atoms with Crippen molar-refractivity contribution in [3.63, 3.8) is 0 Å². The molecule has 1 aliphatic heterocycles. The van der Waals surface area contributed by atoms with Gasteiger partial charge in [-0.3, -0.25) is 4.90 Å². The van der Waals surface area contributed by atoms with E-state index in [4.69, 9.17) is 4.42 Å². The van der Waals surface area contributed by atoms with Gasteiger partial charge in [-0.1, -0.05) is 6.42 Å². The number of hydrogen-bond acceptors (Lipinski definition) is 3. The first-order chi connectivity index (χ1) is 7.33. The average molecular weight is 209 g/mol. The Labute approximate surface area is 90.7 Å². The predicted octanol–water partition coefficient (Wildman–Crippen LogP) is 2.19. The zero-order chi connectivity index (χ0) is 10.7. The maximum absolute atomic E-state index is 9.34. The van der Waals surface area contributed by atoms with Crippen LogP contribution in [0.3, 0.4) is 0 Å². The minimum Gasteiger partial charge on any atom is -0.468 e. The van der Waals surface area contributed by atoms with Gasteiger partial charge >= 0.3 is 0 Å². The molecule has 84 valence electrons. The molecule has 2 heterocycles. The molecule has 1 saturated heterocycles. The summed E-state index contributed by atoms with van der Waals surface area (Å²) < 4.78 is 5.42. The van der Waals surface area contributed by atoms with Gasteiger partial charge in [-0.15, -0.1) is 0 Å². The van der Waals surface area contributed by atoms with Crippen LogP contribution in [-0.2, 0) is 0 Å². The lowest BCUT2D eigenvalue weighted by atomic mass is 10.00. The summed E-state index contributed by atoms with van der Waals surface area (Å²) in [5, 5.41) is 9.34. The molecule has 1 aliphatic rings. The summed E-state index contributed by atoms with van der Waals surface area (Å²) >= 11 is 0. The van der Waals surface area contributed by atoms with E-state index in [1.165, 1.54) is 12.8 Å². The number of rotatable bonds is 3. The monoisotopic (exact) mass is 209 g/mol. The second-order valence-corrected chi connectivity index (χ2v) is 4.26. The van der Waals surface area contributed by atoms with Crippen LogP contribution < -0.4 is 0 Å². The van der Waals surface area contributed by atoms with E-state index in [0.29, 0.717) is 6.04 Å². The Balaban J connectivity index is 2.07. The molecular weight excluding hydrogens is 190 g/mol.